The zero-order valence-corrected chi connectivity index (χ0v) is 9.58. The van der Waals surface area contributed by atoms with Gasteiger partial charge in [0.2, 0.25) is 0 Å². The van der Waals surface area contributed by atoms with Gasteiger partial charge >= 0.3 is 0 Å². The molecule has 0 bridgehead atoms. The molecule has 0 saturated heterocycles. The predicted molar refractivity (Wildman–Crippen MR) is 56.6 cm³/mol. The van der Waals surface area contributed by atoms with E-state index in [2.05, 4.69) is 14.7 Å². The number of hydrogen-bond donors (Lipinski definition) is 3. The smallest absolute Gasteiger partial charge is 0.257 e. The van der Waals surface area contributed by atoms with E-state index in [0.717, 1.165) is 0 Å². The molecular formula is C8H16N4O2S. The number of aromatic amines is 1. The first-order chi connectivity index (χ1) is 6.97. The third-order valence-corrected chi connectivity index (χ3v) is 3.81. The Labute approximate surface area is 89.3 Å². The van der Waals surface area contributed by atoms with E-state index in [1.165, 1.54) is 12.5 Å². The Morgan fingerprint density at radius 2 is 2.27 bits per heavy atom. The largest absolute Gasteiger partial charge is 0.335 e. The Morgan fingerprint density at radius 1 is 1.60 bits per heavy atom. The first-order valence-electron chi connectivity index (χ1n) is 4.68. The van der Waals surface area contributed by atoms with Crippen molar-refractivity contribution >= 4 is 10.0 Å². The molecule has 2 atom stereocenters. The molecule has 0 aliphatic heterocycles. The highest BCUT2D eigenvalue weighted by atomic mass is 32.2. The van der Waals surface area contributed by atoms with Crippen LogP contribution in [0.25, 0.3) is 0 Å². The average Bonchev–Trinajstić information content (AvgIpc) is 2.69. The maximum atomic E-state index is 11.7. The van der Waals surface area contributed by atoms with Crippen molar-refractivity contribution in [3.8, 4) is 0 Å². The van der Waals surface area contributed by atoms with Crippen molar-refractivity contribution in [2.45, 2.75) is 24.9 Å². The topological polar surface area (TPSA) is 101 Å². The van der Waals surface area contributed by atoms with Crippen LogP contribution in [0.15, 0.2) is 17.6 Å². The molecule has 6 nitrogen and oxygen atoms in total. The average molecular weight is 232 g/mol. The van der Waals surface area contributed by atoms with Crippen LogP contribution in [0.4, 0.5) is 0 Å². The van der Waals surface area contributed by atoms with Gasteiger partial charge in [0, 0.05) is 6.04 Å². The normalized spacial score (nSPS) is 16.2. The summed E-state index contributed by atoms with van der Waals surface area (Å²) in [5.41, 5.74) is 5.46. The van der Waals surface area contributed by atoms with Gasteiger partial charge in [-0.15, -0.1) is 0 Å². The van der Waals surface area contributed by atoms with E-state index in [1.54, 1.807) is 6.92 Å². The molecule has 0 fully saturated rings. The Kier molecular flexibility index (Phi) is 3.83. The molecule has 0 radical (unpaired) electrons. The molecule has 86 valence electrons. The lowest BCUT2D eigenvalue weighted by molar-refractivity contribution is 0.452. The van der Waals surface area contributed by atoms with Gasteiger partial charge in [-0.25, -0.2) is 18.1 Å². The van der Waals surface area contributed by atoms with Crippen LogP contribution in [0.5, 0.6) is 0 Å². The van der Waals surface area contributed by atoms with E-state index in [9.17, 15) is 8.42 Å². The highest BCUT2D eigenvalue weighted by Crippen LogP contribution is 2.07. The van der Waals surface area contributed by atoms with Crippen molar-refractivity contribution in [3.63, 3.8) is 0 Å². The standard InChI is InChI=1S/C8H16N4O2S/c1-6(3-9)7(2)12-15(13,14)8-4-10-5-11-8/h4-7,12H,3,9H2,1-2H3,(H,10,11). The molecule has 7 heteroatoms. The summed E-state index contributed by atoms with van der Waals surface area (Å²) in [5.74, 6) is 0.0858. The van der Waals surface area contributed by atoms with Gasteiger partial charge in [-0.1, -0.05) is 6.92 Å². The maximum absolute atomic E-state index is 11.7. The van der Waals surface area contributed by atoms with Gasteiger partial charge in [0.1, 0.15) is 0 Å². The number of nitrogens with two attached hydrogens (primary N) is 1. The summed E-state index contributed by atoms with van der Waals surface area (Å²) in [6.45, 7) is 4.11. The van der Waals surface area contributed by atoms with Crippen molar-refractivity contribution in [3.05, 3.63) is 12.5 Å². The molecule has 4 N–H and O–H groups in total. The van der Waals surface area contributed by atoms with Crippen molar-refractivity contribution < 1.29 is 8.42 Å². The van der Waals surface area contributed by atoms with Crippen molar-refractivity contribution in [1.82, 2.24) is 14.7 Å². The lowest BCUT2D eigenvalue weighted by Crippen LogP contribution is -2.39. The monoisotopic (exact) mass is 232 g/mol. The second-order valence-corrected chi connectivity index (χ2v) is 5.22. The molecule has 0 saturated carbocycles. The van der Waals surface area contributed by atoms with E-state index in [-0.39, 0.29) is 17.0 Å². The molecule has 0 spiro atoms. The number of rotatable bonds is 5. The van der Waals surface area contributed by atoms with Crippen LogP contribution < -0.4 is 10.5 Å². The number of aromatic nitrogens is 2. The number of imidazole rings is 1. The van der Waals surface area contributed by atoms with E-state index in [0.29, 0.717) is 6.54 Å². The summed E-state index contributed by atoms with van der Waals surface area (Å²) in [6.07, 6.45) is 2.59. The quantitative estimate of drug-likeness (QED) is 0.647. The minimum Gasteiger partial charge on any atom is -0.335 e. The van der Waals surface area contributed by atoms with Crippen molar-refractivity contribution in [1.29, 1.82) is 0 Å². The summed E-state index contributed by atoms with van der Waals surface area (Å²) in [6, 6.07) is -0.205. The number of hydrogen-bond acceptors (Lipinski definition) is 4. The minimum absolute atomic E-state index is 0.0681. The first kappa shape index (κ1) is 12.2. The Balaban J connectivity index is 2.74. The van der Waals surface area contributed by atoms with Crippen LogP contribution in [0.3, 0.4) is 0 Å². The van der Waals surface area contributed by atoms with Crippen LogP contribution in [0.2, 0.25) is 0 Å². The second-order valence-electron chi connectivity index (χ2n) is 3.54. The van der Waals surface area contributed by atoms with Crippen LogP contribution in [0.1, 0.15) is 13.8 Å². The van der Waals surface area contributed by atoms with Gasteiger partial charge < -0.3 is 10.7 Å². The zero-order chi connectivity index (χ0) is 11.5. The molecule has 1 rings (SSSR count). The maximum Gasteiger partial charge on any atom is 0.257 e. The number of nitrogens with one attached hydrogen (secondary N) is 2. The second kappa shape index (κ2) is 4.73. The lowest BCUT2D eigenvalue weighted by atomic mass is 10.1. The Bertz CT molecular complexity index is 387. The summed E-state index contributed by atoms with van der Waals surface area (Å²) < 4.78 is 25.9. The van der Waals surface area contributed by atoms with Gasteiger partial charge in [0.15, 0.2) is 5.03 Å². The van der Waals surface area contributed by atoms with Crippen molar-refractivity contribution in [2.75, 3.05) is 6.54 Å². The highest BCUT2D eigenvalue weighted by Gasteiger charge is 2.21. The third-order valence-electron chi connectivity index (χ3n) is 2.33. The summed E-state index contributed by atoms with van der Waals surface area (Å²) in [7, 11) is -3.49. The van der Waals surface area contributed by atoms with E-state index in [4.69, 9.17) is 5.73 Å². The van der Waals surface area contributed by atoms with Crippen molar-refractivity contribution in [2.24, 2.45) is 11.7 Å². The molecule has 1 heterocycles. The molecule has 0 aromatic carbocycles. The Morgan fingerprint density at radius 3 is 2.73 bits per heavy atom. The Hall–Kier alpha value is -0.920. The predicted octanol–water partition coefficient (Wildman–Crippen LogP) is -0.329. The summed E-state index contributed by atoms with van der Waals surface area (Å²) in [5, 5.41) is 0.0681. The fourth-order valence-electron chi connectivity index (χ4n) is 1.02. The number of nitrogens with zero attached hydrogens (tertiary/aromatic N) is 1. The fourth-order valence-corrected chi connectivity index (χ4v) is 2.27. The lowest BCUT2D eigenvalue weighted by Gasteiger charge is -2.18. The SMILES string of the molecule is CC(CN)C(C)NS(=O)(=O)c1cnc[nH]1. The molecule has 15 heavy (non-hydrogen) atoms. The molecular weight excluding hydrogens is 216 g/mol. The molecule has 0 aliphatic rings. The molecule has 2 unspecified atom stereocenters. The summed E-state index contributed by atoms with van der Waals surface area (Å²) >= 11 is 0. The fraction of sp³-hybridized carbons (Fsp3) is 0.625. The molecule has 0 amide bonds. The number of H-pyrrole nitrogens is 1. The minimum atomic E-state index is -3.49. The van der Waals surface area contributed by atoms with Gasteiger partial charge in [-0.2, -0.15) is 0 Å². The van der Waals surface area contributed by atoms with Crippen LogP contribution >= 0.6 is 0 Å². The van der Waals surface area contributed by atoms with Crippen LogP contribution in [0, 0.1) is 5.92 Å². The van der Waals surface area contributed by atoms with Crippen LogP contribution in [-0.2, 0) is 10.0 Å². The first-order valence-corrected chi connectivity index (χ1v) is 6.16. The molecule has 1 aromatic rings. The highest BCUT2D eigenvalue weighted by molar-refractivity contribution is 7.89. The van der Waals surface area contributed by atoms with Gasteiger partial charge in [-0.3, -0.25) is 0 Å². The van der Waals surface area contributed by atoms with E-state index >= 15 is 0 Å². The molecule has 0 aliphatic carbocycles. The van der Waals surface area contributed by atoms with Gasteiger partial charge in [-0.05, 0) is 19.4 Å². The summed E-state index contributed by atoms with van der Waals surface area (Å²) in [4.78, 5) is 6.21. The number of sulfonamides is 1. The van der Waals surface area contributed by atoms with E-state index < -0.39 is 10.0 Å². The molecule has 1 aromatic heterocycles. The van der Waals surface area contributed by atoms with Gasteiger partial charge in [0.05, 0.1) is 12.5 Å². The van der Waals surface area contributed by atoms with E-state index in [1.807, 2.05) is 6.92 Å². The zero-order valence-electron chi connectivity index (χ0n) is 8.77. The van der Waals surface area contributed by atoms with Crippen LogP contribution in [-0.4, -0.2) is 31.0 Å². The third kappa shape index (κ3) is 3.01. The van der Waals surface area contributed by atoms with Gasteiger partial charge in [0.25, 0.3) is 10.0 Å².